The number of aliphatic hydroxyl groups excluding tert-OH is 2. The average Bonchev–Trinajstić information content (AvgIpc) is 3.12. The Morgan fingerprint density at radius 3 is 2.63 bits per heavy atom. The first-order valence-electron chi connectivity index (χ1n) is 12.9. The van der Waals surface area contributed by atoms with E-state index in [1.165, 1.54) is 18.3 Å². The molecule has 0 aromatic rings. The number of sulfone groups is 1. The Hall–Kier alpha value is -1.63. The van der Waals surface area contributed by atoms with Gasteiger partial charge in [-0.15, -0.1) is 0 Å². The highest BCUT2D eigenvalue weighted by Crippen LogP contribution is 2.57. The fourth-order valence-corrected chi connectivity index (χ4v) is 7.22. The molecular formula is C29H44O5S. The molecule has 6 heteroatoms. The fraction of sp³-hybridized carbons (Fsp3) is 0.655. The van der Waals surface area contributed by atoms with Crippen LogP contribution in [0.15, 0.2) is 58.3 Å². The Kier molecular flexibility index (Phi) is 8.30. The summed E-state index contributed by atoms with van der Waals surface area (Å²) in [5, 5.41) is 20.3. The second kappa shape index (κ2) is 10.4. The highest BCUT2D eigenvalue weighted by molar-refractivity contribution is 7.96. The third-order valence-electron chi connectivity index (χ3n) is 8.32. The van der Waals surface area contributed by atoms with Crippen molar-refractivity contribution in [3.8, 4) is 0 Å². The zero-order valence-corrected chi connectivity index (χ0v) is 23.1. The predicted octanol–water partition coefficient (Wildman–Crippen LogP) is 5.77. The lowest BCUT2D eigenvalue weighted by atomic mass is 9.62. The van der Waals surface area contributed by atoms with Gasteiger partial charge in [0.15, 0.2) is 0 Å². The second-order valence-electron chi connectivity index (χ2n) is 11.8. The van der Waals surface area contributed by atoms with Gasteiger partial charge in [0.05, 0.1) is 24.1 Å². The smallest absolute Gasteiger partial charge is 0.215 e. The Balaban J connectivity index is 1.79. The quantitative estimate of drug-likeness (QED) is 0.354. The standard InChI is InChI=1S/C29H44O5S/c1-19(10-15-27(34-7)35(32,33)28(3,4)5)24-13-14-25-21(9-8-16-29(24,25)6)11-12-22-17-23(30)18-26(31)20(22)2/h11-13,15,19,23,25-26,30-31H,2,8-10,14,16-18H2,1,3-7H3/b21-11+,22-12-,27-15-/t19-,23+,25+,26-,29-/m1/s1. The lowest BCUT2D eigenvalue weighted by Gasteiger charge is -2.42. The number of hydrogen-bond donors (Lipinski definition) is 2. The first-order valence-corrected chi connectivity index (χ1v) is 14.3. The molecule has 0 radical (unpaired) electrons. The van der Waals surface area contributed by atoms with E-state index in [0.29, 0.717) is 25.2 Å². The number of fused-ring (bicyclic) bond motifs is 1. The summed E-state index contributed by atoms with van der Waals surface area (Å²) in [4.78, 5) is 0. The summed E-state index contributed by atoms with van der Waals surface area (Å²) in [5.74, 6) is 0.632. The van der Waals surface area contributed by atoms with E-state index in [1.807, 2.05) is 0 Å². The number of rotatable bonds is 6. The van der Waals surface area contributed by atoms with Crippen LogP contribution in [0.25, 0.3) is 0 Å². The SMILES string of the molecule is C=C1/C(=C\C=C2/CCC[C@]3(C)C([C@H](C)C/C=C(/OC)S(=O)(=O)C(C)(C)C)=CC[C@@H]23)C[C@H](O)C[C@H]1O. The molecule has 3 aliphatic carbocycles. The van der Waals surface area contributed by atoms with Crippen LogP contribution in [0.2, 0.25) is 0 Å². The zero-order chi connectivity index (χ0) is 26.2. The molecule has 3 aliphatic rings. The van der Waals surface area contributed by atoms with Crippen molar-refractivity contribution in [2.24, 2.45) is 17.3 Å². The van der Waals surface area contributed by atoms with Gasteiger partial charge in [-0.25, -0.2) is 8.42 Å². The van der Waals surface area contributed by atoms with Crippen molar-refractivity contribution in [3.63, 3.8) is 0 Å². The molecule has 35 heavy (non-hydrogen) atoms. The maximum absolute atomic E-state index is 12.9. The normalized spacial score (nSPS) is 33.6. The molecule has 0 amide bonds. The Bertz CT molecular complexity index is 1050. The van der Waals surface area contributed by atoms with Gasteiger partial charge in [-0.1, -0.05) is 49.8 Å². The molecule has 3 rings (SSSR count). The molecule has 0 aromatic carbocycles. The molecule has 0 saturated heterocycles. The van der Waals surface area contributed by atoms with Crippen LogP contribution in [0, 0.1) is 17.3 Å². The highest BCUT2D eigenvalue weighted by Gasteiger charge is 2.46. The van der Waals surface area contributed by atoms with Crippen molar-refractivity contribution < 1.29 is 23.4 Å². The van der Waals surface area contributed by atoms with E-state index in [2.05, 4.69) is 38.7 Å². The maximum atomic E-state index is 12.9. The molecule has 2 saturated carbocycles. The van der Waals surface area contributed by atoms with Crippen molar-refractivity contribution in [2.75, 3.05) is 7.11 Å². The van der Waals surface area contributed by atoms with Gasteiger partial charge in [-0.2, -0.15) is 0 Å². The minimum Gasteiger partial charge on any atom is -0.487 e. The second-order valence-corrected chi connectivity index (χ2v) is 14.4. The van der Waals surface area contributed by atoms with Gasteiger partial charge in [0, 0.05) is 6.42 Å². The molecule has 0 spiro atoms. The predicted molar refractivity (Wildman–Crippen MR) is 142 cm³/mol. The van der Waals surface area contributed by atoms with Crippen molar-refractivity contribution in [2.45, 2.75) is 96.5 Å². The van der Waals surface area contributed by atoms with Crippen LogP contribution in [0.5, 0.6) is 0 Å². The maximum Gasteiger partial charge on any atom is 0.215 e. The molecule has 2 fully saturated rings. The first kappa shape index (κ1) is 27.9. The van der Waals surface area contributed by atoms with Crippen molar-refractivity contribution in [1.29, 1.82) is 0 Å². The molecular weight excluding hydrogens is 460 g/mol. The molecule has 0 aliphatic heterocycles. The summed E-state index contributed by atoms with van der Waals surface area (Å²) in [6.45, 7) is 13.7. The van der Waals surface area contributed by atoms with Crippen LogP contribution < -0.4 is 0 Å². The summed E-state index contributed by atoms with van der Waals surface area (Å²) in [5.41, 5.74) is 4.53. The first-order chi connectivity index (χ1) is 16.2. The number of ether oxygens (including phenoxy) is 1. The molecule has 5 nitrogen and oxygen atoms in total. The Morgan fingerprint density at radius 2 is 2.00 bits per heavy atom. The van der Waals surface area contributed by atoms with Crippen molar-refractivity contribution in [3.05, 3.63) is 58.3 Å². The molecule has 2 N–H and O–H groups in total. The zero-order valence-electron chi connectivity index (χ0n) is 22.3. The van der Waals surface area contributed by atoms with Gasteiger partial charge in [-0.3, -0.25) is 0 Å². The van der Waals surface area contributed by atoms with Crippen LogP contribution >= 0.6 is 0 Å². The van der Waals surface area contributed by atoms with Crippen LogP contribution in [0.3, 0.4) is 0 Å². The van der Waals surface area contributed by atoms with Gasteiger partial charge in [-0.05, 0) is 93.8 Å². The lowest BCUT2D eigenvalue weighted by Crippen LogP contribution is -2.32. The fourth-order valence-electron chi connectivity index (χ4n) is 6.09. The summed E-state index contributed by atoms with van der Waals surface area (Å²) < 4.78 is 30.1. The Morgan fingerprint density at radius 1 is 1.31 bits per heavy atom. The summed E-state index contributed by atoms with van der Waals surface area (Å²) in [6.07, 6.45) is 12.9. The molecule has 0 aromatic heterocycles. The third-order valence-corrected chi connectivity index (χ3v) is 10.8. The van der Waals surface area contributed by atoms with E-state index >= 15 is 0 Å². The molecule has 196 valence electrons. The van der Waals surface area contributed by atoms with Gasteiger partial charge in [0.2, 0.25) is 14.9 Å². The monoisotopic (exact) mass is 504 g/mol. The topological polar surface area (TPSA) is 83.8 Å². The Labute approximate surface area is 212 Å². The molecule has 0 heterocycles. The molecule has 5 atom stereocenters. The number of methoxy groups -OCH3 is 1. The van der Waals surface area contributed by atoms with Crippen molar-refractivity contribution in [1.82, 2.24) is 0 Å². The van der Waals surface area contributed by atoms with E-state index in [4.69, 9.17) is 4.74 Å². The van der Waals surface area contributed by atoms with Gasteiger partial charge in [0.1, 0.15) is 0 Å². The number of aliphatic hydroxyl groups is 2. The number of hydrogen-bond acceptors (Lipinski definition) is 5. The van der Waals surface area contributed by atoms with E-state index in [0.717, 1.165) is 36.8 Å². The number of allylic oxidation sites excluding steroid dienone is 6. The minimum absolute atomic E-state index is 0.0502. The van der Waals surface area contributed by atoms with E-state index in [1.54, 1.807) is 26.8 Å². The van der Waals surface area contributed by atoms with E-state index < -0.39 is 26.8 Å². The largest absolute Gasteiger partial charge is 0.487 e. The van der Waals surface area contributed by atoms with Gasteiger partial charge >= 0.3 is 0 Å². The summed E-state index contributed by atoms with van der Waals surface area (Å²) >= 11 is 0. The minimum atomic E-state index is -3.52. The van der Waals surface area contributed by atoms with E-state index in [-0.39, 0.29) is 16.4 Å². The third kappa shape index (κ3) is 5.55. The van der Waals surface area contributed by atoms with Gasteiger partial charge in [0.25, 0.3) is 0 Å². The average molecular weight is 505 g/mol. The molecule has 0 unspecified atom stereocenters. The summed E-state index contributed by atoms with van der Waals surface area (Å²) in [7, 11) is -2.10. The lowest BCUT2D eigenvalue weighted by molar-refractivity contribution is 0.0862. The van der Waals surface area contributed by atoms with Gasteiger partial charge < -0.3 is 14.9 Å². The van der Waals surface area contributed by atoms with Crippen LogP contribution in [0.4, 0.5) is 0 Å². The van der Waals surface area contributed by atoms with Crippen LogP contribution in [-0.4, -0.2) is 42.7 Å². The highest BCUT2D eigenvalue weighted by atomic mass is 32.2. The van der Waals surface area contributed by atoms with E-state index in [9.17, 15) is 18.6 Å². The van der Waals surface area contributed by atoms with Crippen LogP contribution in [-0.2, 0) is 14.6 Å². The molecule has 0 bridgehead atoms. The summed E-state index contributed by atoms with van der Waals surface area (Å²) in [6, 6.07) is 0. The van der Waals surface area contributed by atoms with Crippen LogP contribution in [0.1, 0.15) is 79.6 Å². The van der Waals surface area contributed by atoms with Crippen molar-refractivity contribution >= 4 is 9.84 Å².